The van der Waals surface area contributed by atoms with Gasteiger partial charge in [0.05, 0.1) is 23.3 Å². The first-order valence-electron chi connectivity index (χ1n) is 11.7. The summed E-state index contributed by atoms with van der Waals surface area (Å²) in [5.74, 6) is -2.12. The largest absolute Gasteiger partial charge is 0.508 e. The lowest BCUT2D eigenvalue weighted by atomic mass is 9.93. The Morgan fingerprint density at radius 3 is 2.17 bits per heavy atom. The minimum Gasteiger partial charge on any atom is -0.508 e. The molecule has 0 saturated heterocycles. The van der Waals surface area contributed by atoms with Crippen molar-refractivity contribution in [2.24, 2.45) is 0 Å². The maximum Gasteiger partial charge on any atom is 0.338 e. The highest BCUT2D eigenvalue weighted by molar-refractivity contribution is 6.16. The first kappa shape index (κ1) is 24.7. The van der Waals surface area contributed by atoms with Gasteiger partial charge in [0, 0.05) is 12.1 Å². The van der Waals surface area contributed by atoms with Crippen molar-refractivity contribution < 1.29 is 29.3 Å². The smallest absolute Gasteiger partial charge is 0.338 e. The zero-order valence-corrected chi connectivity index (χ0v) is 20.0. The minimum absolute atomic E-state index is 0.00455. The molecule has 1 atom stereocenters. The highest BCUT2D eigenvalue weighted by atomic mass is 16.5. The standard InChI is InChI=1S/C29H27NO6/c1-18(2)36-29(35)21-9-13-22(14-10-21)30-26(20-11-15-23(31)16-12-20)25(27(33)28(30)34)24(32)17-8-19-6-4-3-5-7-19/h3-7,9-16,18,26,31,33H,8,17H2,1-2H3. The van der Waals surface area contributed by atoms with Crippen LogP contribution in [-0.4, -0.2) is 34.0 Å². The van der Waals surface area contributed by atoms with Crippen LogP contribution in [0, 0.1) is 0 Å². The summed E-state index contributed by atoms with van der Waals surface area (Å²) in [5, 5.41) is 20.6. The van der Waals surface area contributed by atoms with Crippen LogP contribution in [0.3, 0.4) is 0 Å². The molecule has 7 heteroatoms. The molecule has 36 heavy (non-hydrogen) atoms. The van der Waals surface area contributed by atoms with Crippen LogP contribution in [0.1, 0.15) is 47.8 Å². The second-order valence-corrected chi connectivity index (χ2v) is 8.84. The van der Waals surface area contributed by atoms with Crippen LogP contribution in [0.25, 0.3) is 0 Å². The molecule has 184 valence electrons. The molecule has 1 unspecified atom stereocenters. The average molecular weight is 486 g/mol. The Morgan fingerprint density at radius 2 is 1.56 bits per heavy atom. The van der Waals surface area contributed by atoms with Gasteiger partial charge in [-0.1, -0.05) is 42.5 Å². The third kappa shape index (κ3) is 5.15. The number of phenolic OH excluding ortho intramolecular Hbond substituents is 1. The number of phenols is 1. The van der Waals surface area contributed by atoms with E-state index < -0.39 is 23.7 Å². The number of carbonyl (C=O) groups excluding carboxylic acids is 3. The number of aliphatic hydroxyl groups is 1. The van der Waals surface area contributed by atoms with Crippen molar-refractivity contribution >= 4 is 23.3 Å². The number of aromatic hydroxyl groups is 1. The predicted molar refractivity (Wildman–Crippen MR) is 135 cm³/mol. The monoisotopic (exact) mass is 485 g/mol. The summed E-state index contributed by atoms with van der Waals surface area (Å²) in [7, 11) is 0. The molecule has 3 aromatic carbocycles. The van der Waals surface area contributed by atoms with Crippen LogP contribution < -0.4 is 4.90 Å². The highest BCUT2D eigenvalue weighted by Gasteiger charge is 2.44. The second-order valence-electron chi connectivity index (χ2n) is 8.84. The second kappa shape index (κ2) is 10.5. The van der Waals surface area contributed by atoms with Crippen molar-refractivity contribution in [3.8, 4) is 5.75 Å². The molecule has 0 bridgehead atoms. The Morgan fingerprint density at radius 1 is 0.917 bits per heavy atom. The van der Waals surface area contributed by atoms with E-state index in [2.05, 4.69) is 0 Å². The summed E-state index contributed by atoms with van der Waals surface area (Å²) in [4.78, 5) is 40.1. The fraction of sp³-hybridized carbons (Fsp3) is 0.207. The van der Waals surface area contributed by atoms with Gasteiger partial charge in [0.2, 0.25) is 0 Å². The number of ketones is 1. The van der Waals surface area contributed by atoms with Gasteiger partial charge in [0.15, 0.2) is 11.5 Å². The molecular weight excluding hydrogens is 458 g/mol. The van der Waals surface area contributed by atoms with E-state index in [9.17, 15) is 24.6 Å². The summed E-state index contributed by atoms with van der Waals surface area (Å²) in [6.07, 6.45) is 0.292. The first-order chi connectivity index (χ1) is 17.3. The molecule has 4 rings (SSSR count). The van der Waals surface area contributed by atoms with Crippen molar-refractivity contribution in [3.63, 3.8) is 0 Å². The zero-order valence-electron chi connectivity index (χ0n) is 20.0. The van der Waals surface area contributed by atoms with Gasteiger partial charge in [0.1, 0.15) is 5.75 Å². The number of esters is 1. The SMILES string of the molecule is CC(C)OC(=O)c1ccc(N2C(=O)C(O)=C(C(=O)CCc3ccccc3)C2c2ccc(O)cc2)cc1. The van der Waals surface area contributed by atoms with Crippen molar-refractivity contribution in [3.05, 3.63) is 107 Å². The lowest BCUT2D eigenvalue weighted by Gasteiger charge is -2.27. The molecule has 3 aromatic rings. The number of amides is 1. The van der Waals surface area contributed by atoms with Gasteiger partial charge in [-0.2, -0.15) is 0 Å². The van der Waals surface area contributed by atoms with E-state index in [-0.39, 0.29) is 29.6 Å². The molecule has 7 nitrogen and oxygen atoms in total. The van der Waals surface area contributed by atoms with Crippen molar-refractivity contribution in [1.82, 2.24) is 0 Å². The van der Waals surface area contributed by atoms with Crippen molar-refractivity contribution in [2.45, 2.75) is 38.8 Å². The van der Waals surface area contributed by atoms with Gasteiger partial charge in [-0.15, -0.1) is 0 Å². The van der Waals surface area contributed by atoms with E-state index in [1.54, 1.807) is 38.1 Å². The fourth-order valence-corrected chi connectivity index (χ4v) is 4.21. The van der Waals surface area contributed by atoms with Crippen LogP contribution in [0.4, 0.5) is 5.69 Å². The van der Waals surface area contributed by atoms with E-state index in [0.29, 0.717) is 23.2 Å². The summed E-state index contributed by atoms with van der Waals surface area (Å²) in [6.45, 7) is 3.50. The first-order valence-corrected chi connectivity index (χ1v) is 11.7. The molecule has 0 fully saturated rings. The van der Waals surface area contributed by atoms with Crippen LogP contribution in [-0.2, 0) is 20.7 Å². The van der Waals surface area contributed by atoms with E-state index in [4.69, 9.17) is 4.74 Å². The number of anilines is 1. The van der Waals surface area contributed by atoms with Crippen LogP contribution in [0.5, 0.6) is 5.75 Å². The summed E-state index contributed by atoms with van der Waals surface area (Å²) in [5.41, 5.74) is 2.24. The van der Waals surface area contributed by atoms with Gasteiger partial charge in [-0.3, -0.25) is 14.5 Å². The number of hydrogen-bond acceptors (Lipinski definition) is 6. The average Bonchev–Trinajstić information content (AvgIpc) is 3.13. The van der Waals surface area contributed by atoms with Crippen LogP contribution in [0.2, 0.25) is 0 Å². The minimum atomic E-state index is -0.894. The molecule has 0 aromatic heterocycles. The van der Waals surface area contributed by atoms with Gasteiger partial charge in [-0.25, -0.2) is 4.79 Å². The number of aliphatic hydroxyl groups excluding tert-OH is 1. The van der Waals surface area contributed by atoms with Crippen molar-refractivity contribution in [2.75, 3.05) is 4.90 Å². The number of aryl methyl sites for hydroxylation is 1. The lowest BCUT2D eigenvalue weighted by Crippen LogP contribution is -2.31. The number of rotatable bonds is 8. The molecule has 0 saturated carbocycles. The third-order valence-electron chi connectivity index (χ3n) is 5.92. The van der Waals surface area contributed by atoms with E-state index in [1.165, 1.54) is 29.2 Å². The highest BCUT2D eigenvalue weighted by Crippen LogP contribution is 2.41. The molecule has 0 aliphatic carbocycles. The Kier molecular flexibility index (Phi) is 7.20. The fourth-order valence-electron chi connectivity index (χ4n) is 4.21. The molecule has 2 N–H and O–H groups in total. The number of hydrogen-bond donors (Lipinski definition) is 2. The molecule has 1 aliphatic heterocycles. The molecule has 0 radical (unpaired) electrons. The number of ether oxygens (including phenoxy) is 1. The van der Waals surface area contributed by atoms with E-state index in [1.807, 2.05) is 30.3 Å². The topological polar surface area (TPSA) is 104 Å². The van der Waals surface area contributed by atoms with Crippen molar-refractivity contribution in [1.29, 1.82) is 0 Å². The maximum atomic E-state index is 13.3. The maximum absolute atomic E-state index is 13.3. The molecule has 1 aliphatic rings. The number of carbonyl (C=O) groups is 3. The van der Waals surface area contributed by atoms with Gasteiger partial charge < -0.3 is 14.9 Å². The summed E-state index contributed by atoms with van der Waals surface area (Å²) in [6, 6.07) is 21.0. The van der Waals surface area contributed by atoms with Gasteiger partial charge in [0.25, 0.3) is 5.91 Å². The Labute approximate surface area is 209 Å². The quantitative estimate of drug-likeness (QED) is 0.432. The molecular formula is C29H27NO6. The molecule has 1 amide bonds. The number of nitrogens with zero attached hydrogens (tertiary/aromatic N) is 1. The summed E-state index contributed by atoms with van der Waals surface area (Å²) < 4.78 is 5.22. The number of Topliss-reactive ketones (excluding diaryl/α,β-unsaturated/α-hetero) is 1. The Hall–Kier alpha value is -4.39. The van der Waals surface area contributed by atoms with E-state index >= 15 is 0 Å². The summed E-state index contributed by atoms with van der Waals surface area (Å²) >= 11 is 0. The predicted octanol–water partition coefficient (Wildman–Crippen LogP) is 5.06. The third-order valence-corrected chi connectivity index (χ3v) is 5.92. The molecule has 1 heterocycles. The zero-order chi connectivity index (χ0) is 25.8. The Balaban J connectivity index is 1.68. The Bertz CT molecular complexity index is 1290. The van der Waals surface area contributed by atoms with Crippen LogP contribution >= 0.6 is 0 Å². The van der Waals surface area contributed by atoms with E-state index in [0.717, 1.165) is 5.56 Å². The van der Waals surface area contributed by atoms with Crippen LogP contribution in [0.15, 0.2) is 90.2 Å². The van der Waals surface area contributed by atoms with Gasteiger partial charge >= 0.3 is 5.97 Å². The van der Waals surface area contributed by atoms with Gasteiger partial charge in [-0.05, 0) is 67.8 Å². The normalized spacial score (nSPS) is 15.5. The number of benzene rings is 3. The molecule has 0 spiro atoms. The lowest BCUT2D eigenvalue weighted by molar-refractivity contribution is -0.118.